The van der Waals surface area contributed by atoms with Gasteiger partial charge in [0.25, 0.3) is 5.91 Å². The zero-order valence-electron chi connectivity index (χ0n) is 16.3. The summed E-state index contributed by atoms with van der Waals surface area (Å²) in [4.78, 5) is 25.9. The maximum atomic E-state index is 12.6. The summed E-state index contributed by atoms with van der Waals surface area (Å²) in [5.74, 6) is -1.16. The summed E-state index contributed by atoms with van der Waals surface area (Å²) in [7, 11) is -0.666. The molecule has 0 atom stereocenters. The van der Waals surface area contributed by atoms with Gasteiger partial charge in [-0.3, -0.25) is 4.79 Å². The lowest BCUT2D eigenvalue weighted by Crippen LogP contribution is -2.33. The highest BCUT2D eigenvalue weighted by atomic mass is 32.2. The van der Waals surface area contributed by atoms with E-state index in [-0.39, 0.29) is 16.5 Å². The first kappa shape index (κ1) is 21.6. The quantitative estimate of drug-likeness (QED) is 0.662. The van der Waals surface area contributed by atoms with Crippen molar-refractivity contribution in [1.29, 1.82) is 0 Å². The molecule has 0 radical (unpaired) electrons. The van der Waals surface area contributed by atoms with E-state index in [1.54, 1.807) is 45.2 Å². The molecular formula is C20H24N2O5S. The highest BCUT2D eigenvalue weighted by Gasteiger charge is 2.24. The predicted molar refractivity (Wildman–Crippen MR) is 107 cm³/mol. The van der Waals surface area contributed by atoms with Gasteiger partial charge in [-0.05, 0) is 44.2 Å². The molecule has 150 valence electrons. The zero-order valence-corrected chi connectivity index (χ0v) is 17.1. The molecule has 0 saturated heterocycles. The first-order valence-corrected chi connectivity index (χ1v) is 10.2. The number of amides is 1. The van der Waals surface area contributed by atoms with Gasteiger partial charge in [-0.25, -0.2) is 13.2 Å². The Morgan fingerprint density at radius 1 is 1.00 bits per heavy atom. The van der Waals surface area contributed by atoms with E-state index in [0.717, 1.165) is 0 Å². The van der Waals surface area contributed by atoms with E-state index in [0.29, 0.717) is 5.69 Å². The largest absolute Gasteiger partial charge is 0.452 e. The van der Waals surface area contributed by atoms with Crippen LogP contribution >= 0.6 is 0 Å². The number of esters is 1. The van der Waals surface area contributed by atoms with Crippen molar-refractivity contribution in [3.63, 3.8) is 0 Å². The first-order chi connectivity index (χ1) is 13.1. The topological polar surface area (TPSA) is 84.0 Å². The van der Waals surface area contributed by atoms with Crippen LogP contribution in [0.25, 0.3) is 0 Å². The number of nitrogens with zero attached hydrogens (tertiary/aromatic N) is 2. The van der Waals surface area contributed by atoms with Crippen molar-refractivity contribution in [3.05, 3.63) is 60.2 Å². The maximum Gasteiger partial charge on any atom is 0.338 e. The monoisotopic (exact) mass is 404 g/mol. The molecule has 2 aromatic carbocycles. The molecule has 0 aromatic heterocycles. The molecule has 0 aliphatic rings. The molecule has 0 aliphatic carbocycles. The van der Waals surface area contributed by atoms with Crippen LogP contribution in [0.15, 0.2) is 59.5 Å². The number of hydrogen-bond acceptors (Lipinski definition) is 5. The van der Waals surface area contributed by atoms with Gasteiger partial charge in [-0.2, -0.15) is 4.31 Å². The summed E-state index contributed by atoms with van der Waals surface area (Å²) < 4.78 is 31.4. The highest BCUT2D eigenvalue weighted by molar-refractivity contribution is 7.89. The smallest absolute Gasteiger partial charge is 0.338 e. The molecule has 28 heavy (non-hydrogen) atoms. The maximum absolute atomic E-state index is 12.6. The molecule has 1 amide bonds. The van der Waals surface area contributed by atoms with E-state index >= 15 is 0 Å². The van der Waals surface area contributed by atoms with E-state index in [9.17, 15) is 18.0 Å². The molecule has 0 heterocycles. The van der Waals surface area contributed by atoms with Gasteiger partial charge in [-0.15, -0.1) is 0 Å². The second-order valence-electron chi connectivity index (χ2n) is 6.51. The summed E-state index contributed by atoms with van der Waals surface area (Å²) >= 11 is 0. The van der Waals surface area contributed by atoms with Gasteiger partial charge >= 0.3 is 5.97 Å². The van der Waals surface area contributed by atoms with Crippen molar-refractivity contribution >= 4 is 27.6 Å². The van der Waals surface area contributed by atoms with Crippen LogP contribution in [0, 0.1) is 0 Å². The second kappa shape index (κ2) is 8.99. The number of carbonyl (C=O) groups is 2. The summed E-state index contributed by atoms with van der Waals surface area (Å²) in [6.07, 6.45) is 0. The number of rotatable bonds is 7. The standard InChI is InChI=1S/C20H24N2O5S/c1-15(2)22(4)28(25,26)18-12-8-9-16(13-18)20(24)27-14-19(23)21(3)17-10-6-5-7-11-17/h5-13,15H,14H2,1-4H3. The number of anilines is 1. The van der Waals surface area contributed by atoms with Crippen molar-refractivity contribution in [2.45, 2.75) is 24.8 Å². The van der Waals surface area contributed by atoms with Crippen LogP contribution in [0.3, 0.4) is 0 Å². The summed E-state index contributed by atoms with van der Waals surface area (Å²) in [6.45, 7) is 3.06. The van der Waals surface area contributed by atoms with E-state index < -0.39 is 28.5 Å². The number of hydrogen-bond donors (Lipinski definition) is 0. The third-order valence-corrected chi connectivity index (χ3v) is 6.35. The Bertz CT molecular complexity index is 942. The van der Waals surface area contributed by atoms with Crippen molar-refractivity contribution in [3.8, 4) is 0 Å². The van der Waals surface area contributed by atoms with Gasteiger partial charge in [0.1, 0.15) is 0 Å². The summed E-state index contributed by atoms with van der Waals surface area (Å²) in [5.41, 5.74) is 0.738. The van der Waals surface area contributed by atoms with Gasteiger partial charge < -0.3 is 9.64 Å². The van der Waals surface area contributed by atoms with Crippen LogP contribution in [0.5, 0.6) is 0 Å². The number of carbonyl (C=O) groups excluding carboxylic acids is 2. The normalized spacial score (nSPS) is 11.5. The number of benzene rings is 2. The molecule has 8 heteroatoms. The zero-order chi connectivity index (χ0) is 20.9. The Morgan fingerprint density at radius 2 is 1.64 bits per heavy atom. The third kappa shape index (κ3) is 4.96. The van der Waals surface area contributed by atoms with Crippen LogP contribution in [-0.2, 0) is 19.6 Å². The predicted octanol–water partition coefficient (Wildman–Crippen LogP) is 2.54. The number of sulfonamides is 1. The Balaban J connectivity index is 2.08. The minimum Gasteiger partial charge on any atom is -0.452 e. The number of likely N-dealkylation sites (N-methyl/N-ethyl adjacent to an activating group) is 1. The molecule has 0 N–H and O–H groups in total. The molecule has 2 aromatic rings. The van der Waals surface area contributed by atoms with Gasteiger partial charge in [-0.1, -0.05) is 24.3 Å². The lowest BCUT2D eigenvalue weighted by Gasteiger charge is -2.21. The fourth-order valence-corrected chi connectivity index (χ4v) is 3.74. The van der Waals surface area contributed by atoms with Gasteiger partial charge in [0.2, 0.25) is 10.0 Å². The first-order valence-electron chi connectivity index (χ1n) is 8.71. The van der Waals surface area contributed by atoms with Crippen molar-refractivity contribution in [1.82, 2.24) is 4.31 Å². The fraction of sp³-hybridized carbons (Fsp3) is 0.300. The molecule has 0 unspecified atom stereocenters. The van der Waals surface area contributed by atoms with Crippen LogP contribution in [0.4, 0.5) is 5.69 Å². The van der Waals surface area contributed by atoms with Crippen LogP contribution < -0.4 is 4.90 Å². The van der Waals surface area contributed by atoms with Crippen LogP contribution in [0.1, 0.15) is 24.2 Å². The minimum absolute atomic E-state index is 0.00844. The van der Waals surface area contributed by atoms with Crippen LogP contribution in [0.2, 0.25) is 0 Å². The Labute approximate surface area is 165 Å². The van der Waals surface area contributed by atoms with E-state index in [1.165, 1.54) is 40.5 Å². The Kier molecular flexibility index (Phi) is 6.93. The van der Waals surface area contributed by atoms with Gasteiger partial charge in [0, 0.05) is 25.8 Å². The van der Waals surface area contributed by atoms with Crippen molar-refractivity contribution in [2.24, 2.45) is 0 Å². The molecule has 0 spiro atoms. The number of para-hydroxylation sites is 1. The van der Waals surface area contributed by atoms with E-state index in [4.69, 9.17) is 4.74 Å². The number of ether oxygens (including phenoxy) is 1. The minimum atomic E-state index is -3.72. The Morgan fingerprint density at radius 3 is 2.25 bits per heavy atom. The third-order valence-electron chi connectivity index (χ3n) is 4.32. The molecule has 0 aliphatic heterocycles. The van der Waals surface area contributed by atoms with Crippen molar-refractivity contribution < 1.29 is 22.7 Å². The van der Waals surface area contributed by atoms with E-state index in [1.807, 2.05) is 6.07 Å². The molecule has 0 saturated carbocycles. The van der Waals surface area contributed by atoms with E-state index in [2.05, 4.69) is 0 Å². The molecule has 0 fully saturated rings. The highest BCUT2D eigenvalue weighted by Crippen LogP contribution is 2.18. The molecule has 2 rings (SSSR count). The lowest BCUT2D eigenvalue weighted by atomic mass is 10.2. The average Bonchev–Trinajstić information content (AvgIpc) is 2.71. The molecule has 7 nitrogen and oxygen atoms in total. The SMILES string of the molecule is CC(C)N(C)S(=O)(=O)c1cccc(C(=O)OCC(=O)N(C)c2ccccc2)c1. The van der Waals surface area contributed by atoms with Gasteiger partial charge in [0.05, 0.1) is 10.5 Å². The second-order valence-corrected chi connectivity index (χ2v) is 8.50. The average molecular weight is 404 g/mol. The summed E-state index contributed by atoms with van der Waals surface area (Å²) in [5, 5.41) is 0. The Hall–Kier alpha value is -2.71. The molecular weight excluding hydrogens is 380 g/mol. The van der Waals surface area contributed by atoms with Crippen LogP contribution in [-0.4, -0.2) is 51.3 Å². The fourth-order valence-electron chi connectivity index (χ4n) is 2.33. The lowest BCUT2D eigenvalue weighted by molar-refractivity contribution is -0.121. The summed E-state index contributed by atoms with van der Waals surface area (Å²) in [6, 6.07) is 14.3. The molecule has 0 bridgehead atoms. The van der Waals surface area contributed by atoms with Gasteiger partial charge in [0.15, 0.2) is 6.61 Å². The van der Waals surface area contributed by atoms with Crippen molar-refractivity contribution in [2.75, 3.05) is 25.6 Å².